The summed E-state index contributed by atoms with van der Waals surface area (Å²) in [5, 5.41) is 6.90. The summed E-state index contributed by atoms with van der Waals surface area (Å²) in [7, 11) is 0. The van der Waals surface area contributed by atoms with E-state index >= 15 is 0 Å². The summed E-state index contributed by atoms with van der Waals surface area (Å²) >= 11 is 0. The second-order valence-corrected chi connectivity index (χ2v) is 7.28. The molecule has 6 heteroatoms. The maximum atomic E-state index is 4.79. The second-order valence-electron chi connectivity index (χ2n) is 7.28. The van der Waals surface area contributed by atoms with E-state index in [-0.39, 0.29) is 30.0 Å². The zero-order valence-electron chi connectivity index (χ0n) is 18.0. The number of hydrogen-bond donors (Lipinski definition) is 2. The lowest BCUT2D eigenvalue weighted by molar-refractivity contribution is 0.549. The Morgan fingerprint density at radius 3 is 2.37 bits per heavy atom. The number of guanidine groups is 1. The lowest BCUT2D eigenvalue weighted by Gasteiger charge is -2.24. The van der Waals surface area contributed by atoms with Gasteiger partial charge in [0.2, 0.25) is 0 Å². The van der Waals surface area contributed by atoms with Crippen molar-refractivity contribution in [2.24, 2.45) is 4.99 Å². The van der Waals surface area contributed by atoms with Gasteiger partial charge in [-0.15, -0.1) is 24.0 Å². The van der Waals surface area contributed by atoms with Crippen LogP contribution in [0.1, 0.15) is 43.6 Å². The van der Waals surface area contributed by atoms with E-state index in [4.69, 9.17) is 4.99 Å². The Kier molecular flexibility index (Phi) is 9.86. The molecule has 0 aliphatic heterocycles. The van der Waals surface area contributed by atoms with Gasteiger partial charge in [-0.05, 0) is 25.0 Å². The van der Waals surface area contributed by atoms with E-state index in [2.05, 4.69) is 95.6 Å². The molecule has 5 nitrogen and oxygen atoms in total. The molecule has 2 aromatic carbocycles. The summed E-state index contributed by atoms with van der Waals surface area (Å²) in [4.78, 5) is 9.29. The molecule has 0 radical (unpaired) electrons. The number of aromatic nitrogens is 2. The van der Waals surface area contributed by atoms with E-state index in [0.717, 1.165) is 24.9 Å². The Bertz CT molecular complexity index is 892. The molecule has 2 unspecified atom stereocenters. The minimum atomic E-state index is 0. The van der Waals surface area contributed by atoms with Crippen LogP contribution in [0, 0.1) is 0 Å². The summed E-state index contributed by atoms with van der Waals surface area (Å²) in [5.74, 6) is 2.15. The van der Waals surface area contributed by atoms with Crippen molar-refractivity contribution in [3.05, 3.63) is 90.0 Å². The molecule has 3 aromatic rings. The summed E-state index contributed by atoms with van der Waals surface area (Å²) in [6, 6.07) is 21.2. The molecular formula is C24H32IN5. The zero-order valence-corrected chi connectivity index (χ0v) is 20.3. The molecule has 0 aliphatic rings. The average molecular weight is 517 g/mol. The molecule has 0 spiro atoms. The van der Waals surface area contributed by atoms with Gasteiger partial charge in [-0.1, -0.05) is 67.6 Å². The lowest BCUT2D eigenvalue weighted by atomic mass is 9.94. The predicted octanol–water partition coefficient (Wildman–Crippen LogP) is 4.80. The first-order chi connectivity index (χ1) is 14.2. The topological polar surface area (TPSA) is 54.2 Å². The summed E-state index contributed by atoms with van der Waals surface area (Å²) in [6.07, 6.45) is 3.85. The fourth-order valence-corrected chi connectivity index (χ4v) is 3.27. The minimum Gasteiger partial charge on any atom is -0.357 e. The SMILES string of the molecule is CCNC(=NCc1nccn1Cc1ccccc1)NC(C)C(C)c1ccccc1.I. The minimum absolute atomic E-state index is 0. The molecule has 0 fully saturated rings. The number of benzene rings is 2. The molecule has 0 aliphatic carbocycles. The molecule has 0 saturated heterocycles. The highest BCUT2D eigenvalue weighted by Gasteiger charge is 2.15. The van der Waals surface area contributed by atoms with E-state index in [1.54, 1.807) is 0 Å². The van der Waals surface area contributed by atoms with Crippen LogP contribution in [0.4, 0.5) is 0 Å². The maximum Gasteiger partial charge on any atom is 0.191 e. The molecule has 2 N–H and O–H groups in total. The number of halogens is 1. The normalized spacial score (nSPS) is 13.2. The van der Waals surface area contributed by atoms with Crippen LogP contribution < -0.4 is 10.6 Å². The maximum absolute atomic E-state index is 4.79. The number of hydrogen-bond acceptors (Lipinski definition) is 2. The van der Waals surface area contributed by atoms with Crippen molar-refractivity contribution in [2.45, 2.75) is 45.8 Å². The molecule has 2 atom stereocenters. The Labute approximate surface area is 197 Å². The third-order valence-corrected chi connectivity index (χ3v) is 5.16. The lowest BCUT2D eigenvalue weighted by Crippen LogP contribution is -2.44. The van der Waals surface area contributed by atoms with Crippen molar-refractivity contribution in [1.82, 2.24) is 20.2 Å². The quantitative estimate of drug-likeness (QED) is 0.257. The highest BCUT2D eigenvalue weighted by molar-refractivity contribution is 14.0. The first kappa shape index (κ1) is 23.9. The van der Waals surface area contributed by atoms with Crippen LogP contribution in [0.2, 0.25) is 0 Å². The summed E-state index contributed by atoms with van der Waals surface area (Å²) < 4.78 is 2.15. The van der Waals surface area contributed by atoms with Crippen LogP contribution in [0.25, 0.3) is 0 Å². The third-order valence-electron chi connectivity index (χ3n) is 5.16. The fraction of sp³-hybridized carbons (Fsp3) is 0.333. The Morgan fingerprint density at radius 1 is 1.03 bits per heavy atom. The Morgan fingerprint density at radius 2 is 1.70 bits per heavy atom. The molecule has 30 heavy (non-hydrogen) atoms. The largest absolute Gasteiger partial charge is 0.357 e. The highest BCUT2D eigenvalue weighted by atomic mass is 127. The van der Waals surface area contributed by atoms with E-state index in [9.17, 15) is 0 Å². The van der Waals surface area contributed by atoms with E-state index in [0.29, 0.717) is 12.5 Å². The van der Waals surface area contributed by atoms with Gasteiger partial charge in [0.05, 0.1) is 0 Å². The van der Waals surface area contributed by atoms with Crippen LogP contribution in [-0.4, -0.2) is 28.1 Å². The first-order valence-electron chi connectivity index (χ1n) is 10.3. The van der Waals surface area contributed by atoms with E-state index in [1.807, 2.05) is 18.5 Å². The number of nitrogens with one attached hydrogen (secondary N) is 2. The van der Waals surface area contributed by atoms with Crippen LogP contribution in [0.15, 0.2) is 78.0 Å². The zero-order chi connectivity index (χ0) is 20.5. The Balaban J connectivity index is 0.00000320. The van der Waals surface area contributed by atoms with Crippen molar-refractivity contribution in [1.29, 1.82) is 0 Å². The van der Waals surface area contributed by atoms with Crippen LogP contribution in [0.5, 0.6) is 0 Å². The number of rotatable bonds is 8. The van der Waals surface area contributed by atoms with Gasteiger partial charge in [0.1, 0.15) is 12.4 Å². The molecule has 0 bridgehead atoms. The predicted molar refractivity (Wildman–Crippen MR) is 135 cm³/mol. The highest BCUT2D eigenvalue weighted by Crippen LogP contribution is 2.18. The average Bonchev–Trinajstić information content (AvgIpc) is 3.19. The van der Waals surface area contributed by atoms with E-state index in [1.165, 1.54) is 11.1 Å². The van der Waals surface area contributed by atoms with Gasteiger partial charge in [-0.3, -0.25) is 0 Å². The van der Waals surface area contributed by atoms with Gasteiger partial charge >= 0.3 is 0 Å². The van der Waals surface area contributed by atoms with Gasteiger partial charge in [-0.2, -0.15) is 0 Å². The van der Waals surface area contributed by atoms with Gasteiger partial charge in [0, 0.05) is 37.4 Å². The molecule has 3 rings (SSSR count). The Hall–Kier alpha value is -2.35. The molecule has 0 amide bonds. The van der Waals surface area contributed by atoms with Gasteiger partial charge in [0.25, 0.3) is 0 Å². The summed E-state index contributed by atoms with van der Waals surface area (Å²) in [6.45, 7) is 8.66. The van der Waals surface area contributed by atoms with Crippen molar-refractivity contribution >= 4 is 29.9 Å². The fourth-order valence-electron chi connectivity index (χ4n) is 3.27. The molecule has 1 heterocycles. The van der Waals surface area contributed by atoms with Crippen molar-refractivity contribution in [3.63, 3.8) is 0 Å². The van der Waals surface area contributed by atoms with Gasteiger partial charge < -0.3 is 15.2 Å². The van der Waals surface area contributed by atoms with E-state index < -0.39 is 0 Å². The second kappa shape index (κ2) is 12.4. The van der Waals surface area contributed by atoms with Gasteiger partial charge in [0.15, 0.2) is 5.96 Å². The van der Waals surface area contributed by atoms with Crippen LogP contribution >= 0.6 is 24.0 Å². The first-order valence-corrected chi connectivity index (χ1v) is 10.3. The molecular weight excluding hydrogens is 485 g/mol. The van der Waals surface area contributed by atoms with Crippen molar-refractivity contribution < 1.29 is 0 Å². The number of nitrogens with zero attached hydrogens (tertiary/aromatic N) is 3. The number of aliphatic imine (C=N–C) groups is 1. The standard InChI is InChI=1S/C24H31N5.HI/c1-4-25-24(28-20(3)19(2)22-13-9-6-10-14-22)27-17-23-26-15-16-29(23)18-21-11-7-5-8-12-21;/h5-16,19-20H,4,17-18H2,1-3H3,(H2,25,27,28);1H. The molecule has 160 valence electrons. The summed E-state index contributed by atoms with van der Waals surface area (Å²) in [5.41, 5.74) is 2.58. The van der Waals surface area contributed by atoms with Crippen molar-refractivity contribution in [2.75, 3.05) is 6.54 Å². The third kappa shape index (κ3) is 6.86. The van der Waals surface area contributed by atoms with Crippen LogP contribution in [-0.2, 0) is 13.1 Å². The molecule has 1 aromatic heterocycles. The van der Waals surface area contributed by atoms with Crippen LogP contribution in [0.3, 0.4) is 0 Å². The van der Waals surface area contributed by atoms with Gasteiger partial charge in [-0.25, -0.2) is 9.98 Å². The smallest absolute Gasteiger partial charge is 0.191 e. The monoisotopic (exact) mass is 517 g/mol. The molecule has 0 saturated carbocycles. The number of imidazole rings is 1. The van der Waals surface area contributed by atoms with Crippen molar-refractivity contribution in [3.8, 4) is 0 Å².